The number of amides is 1. The Hall–Kier alpha value is -3.52. The molecule has 0 saturated carbocycles. The van der Waals surface area contributed by atoms with Crippen LogP contribution in [0.2, 0.25) is 10.0 Å². The fraction of sp³-hybridized carbons (Fsp3) is 0.133. The molecule has 6 nitrogen and oxygen atoms in total. The molecule has 0 saturated heterocycles. The number of halogens is 3. The number of rotatable bonds is 11. The minimum Gasteiger partial charge on any atom is -0.490 e. The number of hydrogen-bond acceptors (Lipinski definition) is 5. The van der Waals surface area contributed by atoms with Gasteiger partial charge < -0.3 is 14.2 Å². The highest BCUT2D eigenvalue weighted by Crippen LogP contribution is 2.34. The van der Waals surface area contributed by atoms with Gasteiger partial charge in [0.25, 0.3) is 5.91 Å². The lowest BCUT2D eigenvalue weighted by Gasteiger charge is -2.13. The number of ether oxygens (including phenoxy) is 3. The molecule has 200 valence electrons. The first-order valence-electron chi connectivity index (χ1n) is 12.1. The van der Waals surface area contributed by atoms with Crippen LogP contribution in [0.15, 0.2) is 94.5 Å². The topological polar surface area (TPSA) is 69.2 Å². The summed E-state index contributed by atoms with van der Waals surface area (Å²) in [6, 6.07) is 25.9. The Kier molecular flexibility index (Phi) is 10.3. The van der Waals surface area contributed by atoms with E-state index in [9.17, 15) is 4.79 Å². The molecule has 0 fully saturated rings. The number of hydrazone groups is 1. The average Bonchev–Trinajstić information content (AvgIpc) is 2.93. The largest absolute Gasteiger partial charge is 0.490 e. The third-order valence-electron chi connectivity index (χ3n) is 5.44. The number of benzene rings is 4. The van der Waals surface area contributed by atoms with Gasteiger partial charge in [-0.05, 0) is 66.1 Å². The van der Waals surface area contributed by atoms with Crippen molar-refractivity contribution < 1.29 is 19.0 Å². The standard InChI is InChI=1S/C30H25BrCl2N2O4/c1-2-37-28-16-23(10-13-27(28)38-18-20-6-4-3-5-7-20)30(36)35-34-17-22-14-25(32)29(26(33)15-22)39-19-21-8-11-24(31)12-9-21/h3-17H,2,18-19H2,1H3,(H,35,36)/b34-17+. The molecule has 0 aliphatic heterocycles. The summed E-state index contributed by atoms with van der Waals surface area (Å²) in [5, 5.41) is 4.71. The zero-order valence-corrected chi connectivity index (χ0v) is 24.1. The quantitative estimate of drug-likeness (QED) is 0.135. The fourth-order valence-corrected chi connectivity index (χ4v) is 4.41. The molecule has 1 N–H and O–H groups in total. The molecule has 9 heteroatoms. The molecule has 4 rings (SSSR count). The first-order chi connectivity index (χ1) is 18.9. The van der Waals surface area contributed by atoms with E-state index in [1.165, 1.54) is 6.21 Å². The van der Waals surface area contributed by atoms with E-state index in [4.69, 9.17) is 37.4 Å². The van der Waals surface area contributed by atoms with Gasteiger partial charge in [0.1, 0.15) is 13.2 Å². The van der Waals surface area contributed by atoms with Gasteiger partial charge in [-0.3, -0.25) is 4.79 Å². The number of nitrogens with zero attached hydrogens (tertiary/aromatic N) is 1. The normalized spacial score (nSPS) is 10.9. The van der Waals surface area contributed by atoms with Crippen LogP contribution in [0.3, 0.4) is 0 Å². The molecule has 0 unspecified atom stereocenters. The monoisotopic (exact) mass is 626 g/mol. The number of hydrogen-bond donors (Lipinski definition) is 1. The van der Waals surface area contributed by atoms with E-state index in [1.54, 1.807) is 30.3 Å². The van der Waals surface area contributed by atoms with Crippen LogP contribution in [0, 0.1) is 0 Å². The van der Waals surface area contributed by atoms with Gasteiger partial charge >= 0.3 is 0 Å². The highest BCUT2D eigenvalue weighted by molar-refractivity contribution is 9.10. The molecule has 0 bridgehead atoms. The van der Waals surface area contributed by atoms with Crippen LogP contribution in [0.25, 0.3) is 0 Å². The van der Waals surface area contributed by atoms with Crippen LogP contribution in [0.1, 0.15) is 34.0 Å². The molecule has 39 heavy (non-hydrogen) atoms. The minimum atomic E-state index is -0.409. The Balaban J connectivity index is 1.37. The van der Waals surface area contributed by atoms with Crippen molar-refractivity contribution in [3.8, 4) is 17.2 Å². The van der Waals surface area contributed by atoms with E-state index < -0.39 is 5.91 Å². The fourth-order valence-electron chi connectivity index (χ4n) is 3.53. The highest BCUT2D eigenvalue weighted by Gasteiger charge is 2.13. The Morgan fingerprint density at radius 3 is 2.21 bits per heavy atom. The van der Waals surface area contributed by atoms with Crippen LogP contribution >= 0.6 is 39.1 Å². The summed E-state index contributed by atoms with van der Waals surface area (Å²) in [7, 11) is 0. The van der Waals surface area contributed by atoms with Crippen LogP contribution < -0.4 is 19.6 Å². The first kappa shape index (κ1) is 28.5. The van der Waals surface area contributed by atoms with Gasteiger partial charge in [-0.25, -0.2) is 5.43 Å². The number of carbonyl (C=O) groups is 1. The summed E-state index contributed by atoms with van der Waals surface area (Å²) in [6.07, 6.45) is 1.45. The van der Waals surface area contributed by atoms with Crippen molar-refractivity contribution in [3.05, 3.63) is 122 Å². The van der Waals surface area contributed by atoms with Crippen molar-refractivity contribution in [1.29, 1.82) is 0 Å². The molecule has 0 aliphatic rings. The van der Waals surface area contributed by atoms with Crippen molar-refractivity contribution in [2.24, 2.45) is 5.10 Å². The Labute approximate surface area is 245 Å². The molecular formula is C30H25BrCl2N2O4. The molecule has 0 aliphatic carbocycles. The molecule has 0 aromatic heterocycles. The Morgan fingerprint density at radius 1 is 0.846 bits per heavy atom. The lowest BCUT2D eigenvalue weighted by molar-refractivity contribution is 0.0954. The zero-order chi connectivity index (χ0) is 27.6. The van der Waals surface area contributed by atoms with E-state index in [0.29, 0.717) is 58.2 Å². The predicted octanol–water partition coefficient (Wildman–Crippen LogP) is 8.08. The van der Waals surface area contributed by atoms with Crippen LogP contribution in [-0.4, -0.2) is 18.7 Å². The van der Waals surface area contributed by atoms with Crippen LogP contribution in [0.4, 0.5) is 0 Å². The SMILES string of the molecule is CCOc1cc(C(=O)N/N=C/c2cc(Cl)c(OCc3ccc(Br)cc3)c(Cl)c2)ccc1OCc1ccccc1. The third kappa shape index (κ3) is 8.23. The van der Waals surface area contributed by atoms with E-state index in [-0.39, 0.29) is 0 Å². The second kappa shape index (κ2) is 14.0. The summed E-state index contributed by atoms with van der Waals surface area (Å²) in [5.41, 5.74) is 5.48. The summed E-state index contributed by atoms with van der Waals surface area (Å²) < 4.78 is 18.4. The molecule has 4 aromatic carbocycles. The van der Waals surface area contributed by atoms with Gasteiger partial charge in [-0.15, -0.1) is 0 Å². The molecule has 0 radical (unpaired) electrons. The van der Waals surface area contributed by atoms with E-state index in [1.807, 2.05) is 61.5 Å². The second-order valence-electron chi connectivity index (χ2n) is 8.30. The van der Waals surface area contributed by atoms with Crippen LogP contribution in [-0.2, 0) is 13.2 Å². The maximum Gasteiger partial charge on any atom is 0.271 e. The van der Waals surface area contributed by atoms with Crippen molar-refractivity contribution in [1.82, 2.24) is 5.43 Å². The Bertz CT molecular complexity index is 1420. The summed E-state index contributed by atoms with van der Waals surface area (Å²) in [6.45, 7) is 2.99. The van der Waals surface area contributed by atoms with E-state index >= 15 is 0 Å². The van der Waals surface area contributed by atoms with Crippen molar-refractivity contribution in [2.45, 2.75) is 20.1 Å². The predicted molar refractivity (Wildman–Crippen MR) is 158 cm³/mol. The molecule has 0 atom stereocenters. The van der Waals surface area contributed by atoms with Crippen LogP contribution in [0.5, 0.6) is 17.2 Å². The maximum absolute atomic E-state index is 12.7. The van der Waals surface area contributed by atoms with E-state index in [2.05, 4.69) is 26.5 Å². The van der Waals surface area contributed by atoms with E-state index in [0.717, 1.165) is 15.6 Å². The number of nitrogens with one attached hydrogen (secondary N) is 1. The van der Waals surface area contributed by atoms with Gasteiger partial charge in [-0.1, -0.05) is 81.6 Å². The molecule has 0 spiro atoms. The minimum absolute atomic E-state index is 0.316. The zero-order valence-electron chi connectivity index (χ0n) is 21.0. The van der Waals surface area contributed by atoms with Crippen molar-refractivity contribution in [3.63, 3.8) is 0 Å². The first-order valence-corrected chi connectivity index (χ1v) is 13.6. The highest BCUT2D eigenvalue weighted by atomic mass is 79.9. The summed E-state index contributed by atoms with van der Waals surface area (Å²) >= 11 is 16.2. The third-order valence-corrected chi connectivity index (χ3v) is 6.53. The van der Waals surface area contributed by atoms with Crippen molar-refractivity contribution >= 4 is 51.3 Å². The molecule has 0 heterocycles. The lowest BCUT2D eigenvalue weighted by Crippen LogP contribution is -2.17. The van der Waals surface area contributed by atoms with Gasteiger partial charge in [0, 0.05) is 10.0 Å². The molecular weight excluding hydrogens is 603 g/mol. The van der Waals surface area contributed by atoms with Gasteiger partial charge in [0.15, 0.2) is 17.2 Å². The number of carbonyl (C=O) groups excluding carboxylic acids is 1. The molecule has 1 amide bonds. The van der Waals surface area contributed by atoms with Gasteiger partial charge in [0.05, 0.1) is 22.9 Å². The van der Waals surface area contributed by atoms with Gasteiger partial charge in [-0.2, -0.15) is 5.10 Å². The summed E-state index contributed by atoms with van der Waals surface area (Å²) in [4.78, 5) is 12.7. The van der Waals surface area contributed by atoms with Gasteiger partial charge in [0.2, 0.25) is 0 Å². The maximum atomic E-state index is 12.7. The van der Waals surface area contributed by atoms with Crippen molar-refractivity contribution in [2.75, 3.05) is 6.61 Å². The summed E-state index contributed by atoms with van der Waals surface area (Å²) in [5.74, 6) is 0.990. The smallest absolute Gasteiger partial charge is 0.271 e. The Morgan fingerprint density at radius 2 is 1.51 bits per heavy atom. The second-order valence-corrected chi connectivity index (χ2v) is 10.0. The lowest BCUT2D eigenvalue weighted by atomic mass is 10.2. The molecule has 4 aromatic rings. The average molecular weight is 628 g/mol.